The van der Waals surface area contributed by atoms with Crippen molar-refractivity contribution in [3.05, 3.63) is 5.51 Å². The van der Waals surface area contributed by atoms with Crippen LogP contribution in [0, 0.1) is 0 Å². The molecule has 0 spiro atoms. The molecule has 1 atom stereocenters. The van der Waals surface area contributed by atoms with Crippen LogP contribution in [-0.4, -0.2) is 23.9 Å². The van der Waals surface area contributed by atoms with Crippen molar-refractivity contribution in [2.24, 2.45) is 0 Å². The molecule has 1 N–H and O–H groups in total. The smallest absolute Gasteiger partial charge is 0.237 e. The first-order chi connectivity index (χ1) is 6.06. The van der Waals surface area contributed by atoms with Crippen LogP contribution in [0.4, 0.5) is 5.13 Å². The van der Waals surface area contributed by atoms with E-state index in [1.807, 2.05) is 6.92 Å². The van der Waals surface area contributed by atoms with Crippen LogP contribution in [0.5, 0.6) is 0 Å². The molecule has 7 heteroatoms. The number of hydrogen-bond acceptors (Lipinski definition) is 5. The van der Waals surface area contributed by atoms with Crippen LogP contribution in [0.15, 0.2) is 5.51 Å². The Balaban J connectivity index is 2.74. The molecule has 1 aromatic heterocycles. The first-order valence-electron chi connectivity index (χ1n) is 3.84. The number of aromatic nitrogens is 2. The van der Waals surface area contributed by atoms with Crippen LogP contribution in [0.3, 0.4) is 0 Å². The molecule has 0 bridgehead atoms. The average Bonchev–Trinajstić information content (AvgIpc) is 2.54. The third kappa shape index (κ3) is 2.63. The summed E-state index contributed by atoms with van der Waals surface area (Å²) in [5.41, 5.74) is 1.48. The van der Waals surface area contributed by atoms with Gasteiger partial charge in [0.05, 0.1) is 5.25 Å². The summed E-state index contributed by atoms with van der Waals surface area (Å²) in [4.78, 5) is 0. The molecule has 0 saturated carbocycles. The highest BCUT2D eigenvalue weighted by Gasteiger charge is 2.19. The maximum absolute atomic E-state index is 11.5. The maximum Gasteiger partial charge on any atom is 0.237 e. The normalized spacial score (nSPS) is 14.0. The quantitative estimate of drug-likeness (QED) is 0.825. The van der Waals surface area contributed by atoms with Crippen LogP contribution >= 0.6 is 11.3 Å². The summed E-state index contributed by atoms with van der Waals surface area (Å²) in [5, 5.41) is 7.04. The SMILES string of the molecule is CCC(C)S(=O)(=O)Nc1nncs1. The molecule has 1 rings (SSSR count). The van der Waals surface area contributed by atoms with E-state index in [0.717, 1.165) is 0 Å². The minimum absolute atomic E-state index is 0.320. The van der Waals surface area contributed by atoms with Crippen molar-refractivity contribution in [2.75, 3.05) is 4.72 Å². The number of nitrogens with one attached hydrogen (secondary N) is 1. The summed E-state index contributed by atoms with van der Waals surface area (Å²) in [5.74, 6) is 0. The predicted octanol–water partition coefficient (Wildman–Crippen LogP) is 1.08. The van der Waals surface area contributed by atoms with Gasteiger partial charge in [0, 0.05) is 0 Å². The van der Waals surface area contributed by atoms with Gasteiger partial charge in [0.25, 0.3) is 0 Å². The van der Waals surface area contributed by atoms with Gasteiger partial charge in [0.2, 0.25) is 15.2 Å². The molecule has 0 aromatic carbocycles. The lowest BCUT2D eigenvalue weighted by molar-refractivity contribution is 0.586. The lowest BCUT2D eigenvalue weighted by Crippen LogP contribution is -2.24. The molecule has 0 radical (unpaired) electrons. The van der Waals surface area contributed by atoms with Gasteiger partial charge in [-0.3, -0.25) is 4.72 Å². The Bertz CT molecular complexity index is 346. The van der Waals surface area contributed by atoms with Crippen LogP contribution in [0.25, 0.3) is 0 Å². The second kappa shape index (κ2) is 4.01. The standard InChI is InChI=1S/C6H11N3O2S2/c1-3-5(2)13(10,11)9-6-8-7-4-12-6/h4-5H,3H2,1-2H3,(H,8,9). The molecule has 74 valence electrons. The van der Waals surface area contributed by atoms with Crippen molar-refractivity contribution >= 4 is 26.5 Å². The van der Waals surface area contributed by atoms with Crippen molar-refractivity contribution in [1.29, 1.82) is 0 Å². The Labute approximate surface area is 81.2 Å². The third-order valence-electron chi connectivity index (χ3n) is 1.69. The molecule has 1 unspecified atom stereocenters. The maximum atomic E-state index is 11.5. The van der Waals surface area contributed by atoms with Gasteiger partial charge in [0.1, 0.15) is 5.51 Å². The van der Waals surface area contributed by atoms with E-state index < -0.39 is 15.3 Å². The van der Waals surface area contributed by atoms with E-state index in [9.17, 15) is 8.42 Å². The van der Waals surface area contributed by atoms with E-state index in [4.69, 9.17) is 0 Å². The Kier molecular flexibility index (Phi) is 3.21. The monoisotopic (exact) mass is 221 g/mol. The van der Waals surface area contributed by atoms with E-state index in [-0.39, 0.29) is 0 Å². The molecule has 13 heavy (non-hydrogen) atoms. The molecular formula is C6H11N3O2S2. The summed E-state index contributed by atoms with van der Waals surface area (Å²) in [7, 11) is -3.28. The number of nitrogens with zero attached hydrogens (tertiary/aromatic N) is 2. The molecule has 0 aliphatic rings. The fraction of sp³-hybridized carbons (Fsp3) is 0.667. The van der Waals surface area contributed by atoms with Crippen LogP contribution in [0.1, 0.15) is 20.3 Å². The molecule has 0 aliphatic heterocycles. The summed E-state index contributed by atoms with van der Waals surface area (Å²) < 4.78 is 25.3. The van der Waals surface area contributed by atoms with Crippen molar-refractivity contribution in [1.82, 2.24) is 10.2 Å². The van der Waals surface area contributed by atoms with Gasteiger partial charge in [-0.2, -0.15) is 0 Å². The van der Waals surface area contributed by atoms with Crippen LogP contribution in [-0.2, 0) is 10.0 Å². The molecule has 0 aliphatic carbocycles. The summed E-state index contributed by atoms with van der Waals surface area (Å²) in [6.45, 7) is 3.48. The van der Waals surface area contributed by atoms with Gasteiger partial charge >= 0.3 is 0 Å². The minimum Gasteiger partial charge on any atom is -0.257 e. The number of sulfonamides is 1. The first-order valence-corrected chi connectivity index (χ1v) is 6.26. The highest BCUT2D eigenvalue weighted by molar-refractivity contribution is 7.93. The molecule has 1 heterocycles. The molecule has 0 saturated heterocycles. The van der Waals surface area contributed by atoms with Crippen molar-refractivity contribution in [3.8, 4) is 0 Å². The van der Waals surface area contributed by atoms with E-state index in [0.29, 0.717) is 11.6 Å². The Morgan fingerprint density at radius 2 is 2.38 bits per heavy atom. The van der Waals surface area contributed by atoms with Gasteiger partial charge in [-0.05, 0) is 13.3 Å². The Hall–Kier alpha value is -0.690. The number of hydrogen-bond donors (Lipinski definition) is 1. The lowest BCUT2D eigenvalue weighted by atomic mass is 10.4. The zero-order valence-corrected chi connectivity index (χ0v) is 9.02. The van der Waals surface area contributed by atoms with E-state index >= 15 is 0 Å². The largest absolute Gasteiger partial charge is 0.257 e. The third-order valence-corrected chi connectivity index (χ3v) is 4.30. The average molecular weight is 221 g/mol. The van der Waals surface area contributed by atoms with Crippen LogP contribution in [0.2, 0.25) is 0 Å². The molecule has 1 aromatic rings. The summed E-state index contributed by atoms with van der Waals surface area (Å²) in [6, 6.07) is 0. The highest BCUT2D eigenvalue weighted by Crippen LogP contribution is 2.14. The minimum atomic E-state index is -3.28. The second-order valence-corrected chi connectivity index (χ2v) is 5.54. The van der Waals surface area contributed by atoms with E-state index in [2.05, 4.69) is 14.9 Å². The summed E-state index contributed by atoms with van der Waals surface area (Å²) in [6.07, 6.45) is 0.578. The molecular weight excluding hydrogens is 210 g/mol. The zero-order valence-electron chi connectivity index (χ0n) is 7.39. The van der Waals surface area contributed by atoms with Crippen LogP contribution < -0.4 is 4.72 Å². The van der Waals surface area contributed by atoms with Gasteiger partial charge in [-0.1, -0.05) is 18.3 Å². The number of rotatable bonds is 4. The summed E-state index contributed by atoms with van der Waals surface area (Å²) >= 11 is 1.17. The zero-order chi connectivity index (χ0) is 9.90. The molecule has 0 amide bonds. The van der Waals surface area contributed by atoms with Crippen molar-refractivity contribution < 1.29 is 8.42 Å². The van der Waals surface area contributed by atoms with Gasteiger partial charge in [0.15, 0.2) is 0 Å². The van der Waals surface area contributed by atoms with E-state index in [1.54, 1.807) is 6.92 Å². The van der Waals surface area contributed by atoms with Gasteiger partial charge < -0.3 is 0 Å². The molecule has 5 nitrogen and oxygen atoms in total. The Morgan fingerprint density at radius 3 is 2.85 bits per heavy atom. The fourth-order valence-corrected chi connectivity index (χ4v) is 2.41. The lowest BCUT2D eigenvalue weighted by Gasteiger charge is -2.09. The van der Waals surface area contributed by atoms with Gasteiger partial charge in [-0.25, -0.2) is 8.42 Å². The second-order valence-electron chi connectivity index (χ2n) is 2.61. The molecule has 0 fully saturated rings. The number of anilines is 1. The predicted molar refractivity (Wildman–Crippen MR) is 52.2 cm³/mol. The Morgan fingerprint density at radius 1 is 1.69 bits per heavy atom. The first kappa shape index (κ1) is 10.4. The van der Waals surface area contributed by atoms with E-state index in [1.165, 1.54) is 16.8 Å². The highest BCUT2D eigenvalue weighted by atomic mass is 32.2. The van der Waals surface area contributed by atoms with Crippen molar-refractivity contribution in [2.45, 2.75) is 25.5 Å². The topological polar surface area (TPSA) is 72.0 Å². The van der Waals surface area contributed by atoms with Gasteiger partial charge in [-0.15, -0.1) is 10.2 Å². The fourth-order valence-electron chi connectivity index (χ4n) is 0.659. The van der Waals surface area contributed by atoms with Crippen molar-refractivity contribution in [3.63, 3.8) is 0 Å².